The predicted molar refractivity (Wildman–Crippen MR) is 59.1 cm³/mol. The molecule has 2 rings (SSSR count). The number of rotatable bonds is 1. The fourth-order valence-corrected chi connectivity index (χ4v) is 4.27. The standard InChI is InChI=1S/C8H5BrO2S2/c1-3-6-4(7(9)12-3)2-5(13-6)8(10)11/h2H,1H3,(H,10,11). The van der Waals surface area contributed by atoms with Crippen molar-refractivity contribution in [3.63, 3.8) is 0 Å². The molecule has 0 saturated heterocycles. The molecule has 0 aliphatic carbocycles. The summed E-state index contributed by atoms with van der Waals surface area (Å²) in [5.74, 6) is -0.850. The van der Waals surface area contributed by atoms with Crippen molar-refractivity contribution in [2.45, 2.75) is 6.92 Å². The van der Waals surface area contributed by atoms with Gasteiger partial charge in [0.25, 0.3) is 0 Å². The maximum absolute atomic E-state index is 10.7. The second-order valence-electron chi connectivity index (χ2n) is 2.59. The highest BCUT2D eigenvalue weighted by Gasteiger charge is 2.14. The molecule has 2 aromatic rings. The molecule has 0 atom stereocenters. The van der Waals surface area contributed by atoms with Crippen LogP contribution in [0.2, 0.25) is 0 Å². The number of carboxylic acid groups (broad SMARTS) is 1. The van der Waals surface area contributed by atoms with Crippen LogP contribution in [-0.2, 0) is 0 Å². The summed E-state index contributed by atoms with van der Waals surface area (Å²) in [5.41, 5.74) is 0. The van der Waals surface area contributed by atoms with E-state index in [2.05, 4.69) is 15.9 Å². The lowest BCUT2D eigenvalue weighted by molar-refractivity contribution is 0.0702. The molecule has 2 heterocycles. The lowest BCUT2D eigenvalue weighted by atomic mass is 10.3. The Balaban J connectivity index is 2.76. The summed E-state index contributed by atoms with van der Waals surface area (Å²) < 4.78 is 2.10. The summed E-state index contributed by atoms with van der Waals surface area (Å²) in [7, 11) is 0. The van der Waals surface area contributed by atoms with Crippen molar-refractivity contribution >= 4 is 54.7 Å². The average Bonchev–Trinajstić information content (AvgIpc) is 2.55. The molecule has 0 amide bonds. The Labute approximate surface area is 90.9 Å². The van der Waals surface area contributed by atoms with Crippen LogP contribution in [-0.4, -0.2) is 11.1 Å². The molecule has 0 aliphatic heterocycles. The topological polar surface area (TPSA) is 37.3 Å². The number of hydrogen-bond donors (Lipinski definition) is 1. The molecule has 2 nitrogen and oxygen atoms in total. The summed E-state index contributed by atoms with van der Waals surface area (Å²) in [6, 6.07) is 1.72. The fraction of sp³-hybridized carbons (Fsp3) is 0.125. The third-order valence-electron chi connectivity index (χ3n) is 1.72. The molecule has 1 N–H and O–H groups in total. The Morgan fingerprint density at radius 2 is 2.23 bits per heavy atom. The van der Waals surface area contributed by atoms with Gasteiger partial charge in [0.05, 0.1) is 3.79 Å². The van der Waals surface area contributed by atoms with Crippen LogP contribution in [0, 0.1) is 6.92 Å². The first-order valence-corrected chi connectivity index (χ1v) is 5.94. The van der Waals surface area contributed by atoms with Gasteiger partial charge in [0, 0.05) is 15.0 Å². The van der Waals surface area contributed by atoms with Crippen molar-refractivity contribution in [3.05, 3.63) is 19.6 Å². The zero-order valence-corrected chi connectivity index (χ0v) is 9.85. The third-order valence-corrected chi connectivity index (χ3v) is 4.91. The molecule has 0 fully saturated rings. The Kier molecular flexibility index (Phi) is 2.17. The molecule has 0 radical (unpaired) electrons. The molecule has 0 saturated carbocycles. The average molecular weight is 277 g/mol. The van der Waals surface area contributed by atoms with Gasteiger partial charge in [-0.15, -0.1) is 22.7 Å². The molecular weight excluding hydrogens is 272 g/mol. The van der Waals surface area contributed by atoms with E-state index >= 15 is 0 Å². The van der Waals surface area contributed by atoms with Gasteiger partial charge in [-0.05, 0) is 28.9 Å². The minimum Gasteiger partial charge on any atom is -0.477 e. The van der Waals surface area contributed by atoms with Crippen LogP contribution >= 0.6 is 38.6 Å². The van der Waals surface area contributed by atoms with Gasteiger partial charge in [0.15, 0.2) is 0 Å². The molecule has 0 unspecified atom stereocenters. The quantitative estimate of drug-likeness (QED) is 0.862. The van der Waals surface area contributed by atoms with E-state index in [4.69, 9.17) is 5.11 Å². The lowest BCUT2D eigenvalue weighted by Crippen LogP contribution is -1.89. The van der Waals surface area contributed by atoms with Crippen molar-refractivity contribution in [1.29, 1.82) is 0 Å². The minimum absolute atomic E-state index is 0.404. The van der Waals surface area contributed by atoms with Gasteiger partial charge in [0.2, 0.25) is 0 Å². The van der Waals surface area contributed by atoms with Crippen molar-refractivity contribution < 1.29 is 9.90 Å². The van der Waals surface area contributed by atoms with Crippen LogP contribution < -0.4 is 0 Å². The van der Waals surface area contributed by atoms with Crippen LogP contribution in [0.3, 0.4) is 0 Å². The Morgan fingerprint density at radius 1 is 1.54 bits per heavy atom. The molecule has 0 bridgehead atoms. The summed E-state index contributed by atoms with van der Waals surface area (Å²) in [4.78, 5) is 12.3. The van der Waals surface area contributed by atoms with Crippen LogP contribution in [0.4, 0.5) is 0 Å². The lowest BCUT2D eigenvalue weighted by Gasteiger charge is -1.83. The molecule has 0 aromatic carbocycles. The normalized spacial score (nSPS) is 10.9. The van der Waals surface area contributed by atoms with Crippen LogP contribution in [0.15, 0.2) is 9.85 Å². The van der Waals surface area contributed by atoms with E-state index in [1.807, 2.05) is 6.92 Å². The second-order valence-corrected chi connectivity index (χ2v) is 6.19. The van der Waals surface area contributed by atoms with Gasteiger partial charge in [-0.25, -0.2) is 4.79 Å². The Morgan fingerprint density at radius 3 is 2.77 bits per heavy atom. The number of carboxylic acids is 1. The highest BCUT2D eigenvalue weighted by Crippen LogP contribution is 2.40. The van der Waals surface area contributed by atoms with Crippen molar-refractivity contribution in [1.82, 2.24) is 0 Å². The molecule has 2 aromatic heterocycles. The van der Waals surface area contributed by atoms with Gasteiger partial charge < -0.3 is 5.11 Å². The summed E-state index contributed by atoms with van der Waals surface area (Å²) >= 11 is 6.39. The zero-order chi connectivity index (χ0) is 9.59. The van der Waals surface area contributed by atoms with E-state index in [1.54, 1.807) is 17.4 Å². The molecule has 0 spiro atoms. The minimum atomic E-state index is -0.850. The third kappa shape index (κ3) is 1.41. The van der Waals surface area contributed by atoms with Crippen molar-refractivity contribution in [2.75, 3.05) is 0 Å². The fourth-order valence-electron chi connectivity index (χ4n) is 1.14. The van der Waals surface area contributed by atoms with Gasteiger partial charge in [0.1, 0.15) is 4.88 Å². The molecular formula is C8H5BrO2S2. The molecule has 13 heavy (non-hydrogen) atoms. The number of carbonyl (C=O) groups is 1. The number of aromatic carboxylic acids is 1. The molecule has 68 valence electrons. The number of aryl methyl sites for hydroxylation is 1. The van der Waals surface area contributed by atoms with Crippen LogP contribution in [0.5, 0.6) is 0 Å². The smallest absolute Gasteiger partial charge is 0.345 e. The second kappa shape index (κ2) is 3.08. The molecule has 0 aliphatic rings. The summed E-state index contributed by atoms with van der Waals surface area (Å²) in [6.07, 6.45) is 0. The SMILES string of the molecule is Cc1sc(Br)c2cc(C(=O)O)sc12. The Bertz CT molecular complexity index is 449. The zero-order valence-electron chi connectivity index (χ0n) is 6.63. The first kappa shape index (κ1) is 9.18. The first-order chi connectivity index (χ1) is 6.09. The highest BCUT2D eigenvalue weighted by molar-refractivity contribution is 9.11. The van der Waals surface area contributed by atoms with Gasteiger partial charge in [-0.2, -0.15) is 0 Å². The maximum Gasteiger partial charge on any atom is 0.345 e. The van der Waals surface area contributed by atoms with E-state index < -0.39 is 5.97 Å². The maximum atomic E-state index is 10.7. The highest BCUT2D eigenvalue weighted by atomic mass is 79.9. The Hall–Kier alpha value is -0.390. The van der Waals surface area contributed by atoms with E-state index in [0.29, 0.717) is 4.88 Å². The number of fused-ring (bicyclic) bond motifs is 1. The van der Waals surface area contributed by atoms with Crippen LogP contribution in [0.1, 0.15) is 14.5 Å². The van der Waals surface area contributed by atoms with Crippen molar-refractivity contribution in [2.24, 2.45) is 0 Å². The van der Waals surface area contributed by atoms with E-state index in [9.17, 15) is 4.79 Å². The molecule has 5 heteroatoms. The number of thiophene rings is 2. The van der Waals surface area contributed by atoms with E-state index in [1.165, 1.54) is 16.2 Å². The van der Waals surface area contributed by atoms with Crippen molar-refractivity contribution in [3.8, 4) is 0 Å². The largest absolute Gasteiger partial charge is 0.477 e. The van der Waals surface area contributed by atoms with Gasteiger partial charge >= 0.3 is 5.97 Å². The van der Waals surface area contributed by atoms with E-state index in [0.717, 1.165) is 13.9 Å². The monoisotopic (exact) mass is 276 g/mol. The summed E-state index contributed by atoms with van der Waals surface area (Å²) in [5, 5.41) is 9.80. The van der Waals surface area contributed by atoms with Gasteiger partial charge in [-0.3, -0.25) is 0 Å². The summed E-state index contributed by atoms with van der Waals surface area (Å²) in [6.45, 7) is 2.00. The van der Waals surface area contributed by atoms with E-state index in [-0.39, 0.29) is 0 Å². The first-order valence-electron chi connectivity index (χ1n) is 3.51. The number of hydrogen-bond acceptors (Lipinski definition) is 3. The predicted octanol–water partition coefficient (Wildman–Crippen LogP) is 3.73. The van der Waals surface area contributed by atoms with Crippen LogP contribution in [0.25, 0.3) is 10.1 Å². The number of halogens is 1. The van der Waals surface area contributed by atoms with Gasteiger partial charge in [-0.1, -0.05) is 0 Å².